The monoisotopic (exact) mass is 383 g/mol. The van der Waals surface area contributed by atoms with E-state index in [1.807, 2.05) is 41.3 Å². The highest BCUT2D eigenvalue weighted by atomic mass is 16.5. The Morgan fingerprint density at radius 1 is 0.964 bits per heavy atom. The van der Waals surface area contributed by atoms with E-state index in [4.69, 9.17) is 9.47 Å². The Kier molecular flexibility index (Phi) is 7.14. The average molecular weight is 383 g/mol. The van der Waals surface area contributed by atoms with Crippen LogP contribution in [0.3, 0.4) is 0 Å². The number of hydrogen-bond donors (Lipinski definition) is 1. The summed E-state index contributed by atoms with van der Waals surface area (Å²) in [6, 6.07) is 16.0. The molecule has 1 aliphatic rings. The van der Waals surface area contributed by atoms with Crippen molar-refractivity contribution in [2.24, 2.45) is 0 Å². The molecule has 1 heterocycles. The van der Waals surface area contributed by atoms with Crippen molar-refractivity contribution in [3.05, 3.63) is 59.7 Å². The number of methoxy groups -OCH3 is 2. The number of benzene rings is 2. The zero-order chi connectivity index (χ0) is 19.8. The van der Waals surface area contributed by atoms with Crippen molar-refractivity contribution in [2.75, 3.05) is 46.9 Å². The molecule has 2 amide bonds. The lowest BCUT2D eigenvalue weighted by Crippen LogP contribution is -2.51. The van der Waals surface area contributed by atoms with Gasteiger partial charge in [0.25, 0.3) is 0 Å². The second-order valence-corrected chi connectivity index (χ2v) is 6.90. The first-order chi connectivity index (χ1) is 13.7. The third-order valence-electron chi connectivity index (χ3n) is 5.16. The fraction of sp³-hybridized carbons (Fsp3) is 0.409. The van der Waals surface area contributed by atoms with Crippen LogP contribution in [0.15, 0.2) is 48.5 Å². The van der Waals surface area contributed by atoms with E-state index in [0.29, 0.717) is 6.54 Å². The van der Waals surface area contributed by atoms with Crippen molar-refractivity contribution >= 4 is 6.03 Å². The highest BCUT2D eigenvalue weighted by molar-refractivity contribution is 5.74. The molecule has 0 atom stereocenters. The maximum atomic E-state index is 12.5. The molecule has 6 nitrogen and oxygen atoms in total. The van der Waals surface area contributed by atoms with Gasteiger partial charge in [0.15, 0.2) is 0 Å². The number of para-hydroxylation sites is 1. The first kappa shape index (κ1) is 20.0. The van der Waals surface area contributed by atoms with Gasteiger partial charge in [-0.25, -0.2) is 4.79 Å². The third kappa shape index (κ3) is 5.39. The van der Waals surface area contributed by atoms with E-state index in [2.05, 4.69) is 22.3 Å². The summed E-state index contributed by atoms with van der Waals surface area (Å²) in [5, 5.41) is 3.00. The third-order valence-corrected chi connectivity index (χ3v) is 5.16. The Labute approximate surface area is 167 Å². The molecule has 0 aliphatic carbocycles. The highest BCUT2D eigenvalue weighted by Crippen LogP contribution is 2.17. The van der Waals surface area contributed by atoms with Gasteiger partial charge < -0.3 is 19.7 Å². The van der Waals surface area contributed by atoms with E-state index < -0.39 is 0 Å². The summed E-state index contributed by atoms with van der Waals surface area (Å²) in [5.41, 5.74) is 2.29. The molecular formula is C22H29N3O3. The number of carbonyl (C=O) groups is 1. The van der Waals surface area contributed by atoms with E-state index >= 15 is 0 Å². The number of nitrogens with zero attached hydrogens (tertiary/aromatic N) is 2. The average Bonchev–Trinajstić information content (AvgIpc) is 2.77. The Balaban J connectivity index is 1.39. The summed E-state index contributed by atoms with van der Waals surface area (Å²) in [4.78, 5) is 16.8. The molecule has 2 aromatic carbocycles. The minimum absolute atomic E-state index is 0.0132. The number of carbonyl (C=O) groups excluding carboxylic acids is 1. The number of hydrogen-bond acceptors (Lipinski definition) is 4. The summed E-state index contributed by atoms with van der Waals surface area (Å²) in [6.07, 6.45) is 1.00. The predicted octanol–water partition coefficient (Wildman–Crippen LogP) is 2.77. The normalized spacial score (nSPS) is 14.6. The van der Waals surface area contributed by atoms with Crippen molar-refractivity contribution in [1.82, 2.24) is 15.1 Å². The molecule has 6 heteroatoms. The van der Waals surface area contributed by atoms with Gasteiger partial charge in [-0.3, -0.25) is 4.90 Å². The van der Waals surface area contributed by atoms with E-state index in [1.165, 1.54) is 5.56 Å². The summed E-state index contributed by atoms with van der Waals surface area (Å²) in [6.45, 7) is 4.78. The van der Waals surface area contributed by atoms with Gasteiger partial charge in [0.05, 0.1) is 14.2 Å². The van der Waals surface area contributed by atoms with Crippen molar-refractivity contribution in [3.8, 4) is 11.5 Å². The van der Waals surface area contributed by atoms with Crippen LogP contribution in [0.25, 0.3) is 0 Å². The van der Waals surface area contributed by atoms with Crippen LogP contribution < -0.4 is 14.8 Å². The molecule has 1 fully saturated rings. The zero-order valence-corrected chi connectivity index (χ0v) is 16.7. The first-order valence-corrected chi connectivity index (χ1v) is 9.69. The molecule has 1 aliphatic heterocycles. The quantitative estimate of drug-likeness (QED) is 0.799. The van der Waals surface area contributed by atoms with E-state index in [-0.39, 0.29) is 6.03 Å². The fourth-order valence-corrected chi connectivity index (χ4v) is 3.39. The minimum Gasteiger partial charge on any atom is -0.497 e. The van der Waals surface area contributed by atoms with Crippen LogP contribution in [0.5, 0.6) is 11.5 Å². The van der Waals surface area contributed by atoms with E-state index in [0.717, 1.165) is 56.2 Å². The van der Waals surface area contributed by atoms with E-state index in [9.17, 15) is 4.79 Å². The molecule has 1 N–H and O–H groups in total. The van der Waals surface area contributed by atoms with Gasteiger partial charge in [-0.1, -0.05) is 30.3 Å². The van der Waals surface area contributed by atoms with Crippen LogP contribution in [0.4, 0.5) is 4.79 Å². The second kappa shape index (κ2) is 9.99. The summed E-state index contributed by atoms with van der Waals surface area (Å²) >= 11 is 0. The summed E-state index contributed by atoms with van der Waals surface area (Å²) in [7, 11) is 3.33. The van der Waals surface area contributed by atoms with Crippen LogP contribution in [0.1, 0.15) is 11.1 Å². The number of urea groups is 1. The van der Waals surface area contributed by atoms with Gasteiger partial charge in [-0.15, -0.1) is 0 Å². The molecular weight excluding hydrogens is 354 g/mol. The Hall–Kier alpha value is -2.73. The Bertz CT molecular complexity index is 756. The SMILES string of the molecule is COc1ccc(CCN2CCN(C(=O)NCc3ccccc3OC)CC2)cc1. The number of rotatable bonds is 7. The van der Waals surface area contributed by atoms with Crippen molar-refractivity contribution in [1.29, 1.82) is 0 Å². The van der Waals surface area contributed by atoms with Crippen molar-refractivity contribution in [2.45, 2.75) is 13.0 Å². The van der Waals surface area contributed by atoms with Crippen molar-refractivity contribution < 1.29 is 14.3 Å². The molecule has 0 bridgehead atoms. The lowest BCUT2D eigenvalue weighted by molar-refractivity contribution is 0.140. The van der Waals surface area contributed by atoms with Crippen LogP contribution in [-0.2, 0) is 13.0 Å². The van der Waals surface area contributed by atoms with Gasteiger partial charge in [0, 0.05) is 44.8 Å². The van der Waals surface area contributed by atoms with Gasteiger partial charge in [-0.05, 0) is 30.2 Å². The molecule has 0 unspecified atom stereocenters. The zero-order valence-electron chi connectivity index (χ0n) is 16.7. The van der Waals surface area contributed by atoms with Gasteiger partial charge in [0.1, 0.15) is 11.5 Å². The molecule has 1 saturated heterocycles. The maximum absolute atomic E-state index is 12.5. The maximum Gasteiger partial charge on any atom is 0.317 e. The Morgan fingerprint density at radius 2 is 1.68 bits per heavy atom. The van der Waals surface area contributed by atoms with E-state index in [1.54, 1.807) is 14.2 Å². The molecule has 150 valence electrons. The molecule has 0 spiro atoms. The van der Waals surface area contributed by atoms with Crippen LogP contribution in [0, 0.1) is 0 Å². The number of amides is 2. The lowest BCUT2D eigenvalue weighted by Gasteiger charge is -2.34. The lowest BCUT2D eigenvalue weighted by atomic mass is 10.1. The number of nitrogens with one attached hydrogen (secondary N) is 1. The molecule has 2 aromatic rings. The molecule has 3 rings (SSSR count). The van der Waals surface area contributed by atoms with Crippen LogP contribution in [0.2, 0.25) is 0 Å². The summed E-state index contributed by atoms with van der Waals surface area (Å²) < 4.78 is 10.5. The standard InChI is InChI=1S/C22H29N3O3/c1-27-20-9-7-18(8-10-20)11-12-24-13-15-25(16-14-24)22(26)23-17-19-5-3-4-6-21(19)28-2/h3-10H,11-17H2,1-2H3,(H,23,26). The Morgan fingerprint density at radius 3 is 2.36 bits per heavy atom. The molecule has 0 saturated carbocycles. The highest BCUT2D eigenvalue weighted by Gasteiger charge is 2.20. The number of ether oxygens (including phenoxy) is 2. The van der Waals surface area contributed by atoms with Gasteiger partial charge >= 0.3 is 6.03 Å². The molecule has 28 heavy (non-hydrogen) atoms. The van der Waals surface area contributed by atoms with Gasteiger partial charge in [-0.2, -0.15) is 0 Å². The topological polar surface area (TPSA) is 54.0 Å². The smallest absolute Gasteiger partial charge is 0.317 e. The predicted molar refractivity (Wildman–Crippen MR) is 110 cm³/mol. The number of piperazine rings is 1. The van der Waals surface area contributed by atoms with Gasteiger partial charge in [0.2, 0.25) is 0 Å². The summed E-state index contributed by atoms with van der Waals surface area (Å²) in [5.74, 6) is 1.68. The fourth-order valence-electron chi connectivity index (χ4n) is 3.39. The minimum atomic E-state index is -0.0132. The molecule has 0 aromatic heterocycles. The first-order valence-electron chi connectivity index (χ1n) is 9.69. The molecule has 0 radical (unpaired) electrons. The van der Waals surface area contributed by atoms with Crippen LogP contribution in [-0.4, -0.2) is 62.8 Å². The second-order valence-electron chi connectivity index (χ2n) is 6.90. The van der Waals surface area contributed by atoms with Crippen molar-refractivity contribution in [3.63, 3.8) is 0 Å². The van der Waals surface area contributed by atoms with Crippen LogP contribution >= 0.6 is 0 Å². The largest absolute Gasteiger partial charge is 0.497 e.